The van der Waals surface area contributed by atoms with Crippen LogP contribution in [0.15, 0.2) is 72.8 Å². The van der Waals surface area contributed by atoms with Crippen LogP contribution in [0, 0.1) is 0 Å². The molecule has 7 rings (SSSR count). The van der Waals surface area contributed by atoms with Crippen LogP contribution in [-0.2, 0) is 0 Å². The number of amides is 4. The molecule has 0 saturated heterocycles. The van der Waals surface area contributed by atoms with Crippen molar-refractivity contribution < 1.29 is 19.2 Å². The highest BCUT2D eigenvalue weighted by atomic mass is 16.2. The Morgan fingerprint density at radius 1 is 0.636 bits per heavy atom. The summed E-state index contributed by atoms with van der Waals surface area (Å²) in [6.07, 6.45) is 5.29. The van der Waals surface area contributed by atoms with Crippen LogP contribution in [0.25, 0.3) is 21.5 Å². The van der Waals surface area contributed by atoms with Crippen molar-refractivity contribution in [2.24, 2.45) is 0 Å². The molecule has 1 N–H and O–H groups in total. The Balaban J connectivity index is 0.960. The van der Waals surface area contributed by atoms with Gasteiger partial charge in [0.2, 0.25) is 0 Å². The molecule has 0 spiro atoms. The van der Waals surface area contributed by atoms with Gasteiger partial charge >= 0.3 is 0 Å². The largest absolute Gasteiger partial charge is 0.315 e. The minimum absolute atomic E-state index is 0.0296. The zero-order valence-electron chi connectivity index (χ0n) is 25.0. The van der Waals surface area contributed by atoms with E-state index in [0.717, 1.165) is 60.2 Å². The summed E-state index contributed by atoms with van der Waals surface area (Å²) in [5.74, 6) is -0.937. The third kappa shape index (κ3) is 4.60. The van der Waals surface area contributed by atoms with Gasteiger partial charge in [0.15, 0.2) is 0 Å². The lowest BCUT2D eigenvalue weighted by molar-refractivity contribution is 0.0542. The summed E-state index contributed by atoms with van der Waals surface area (Å²) in [5.41, 5.74) is 2.31. The van der Waals surface area contributed by atoms with Crippen LogP contribution in [0.5, 0.6) is 0 Å². The lowest BCUT2D eigenvalue weighted by atomic mass is 9.91. The second kappa shape index (κ2) is 11.3. The van der Waals surface area contributed by atoms with Crippen molar-refractivity contribution in [1.29, 1.82) is 0 Å². The fourth-order valence-electron chi connectivity index (χ4n) is 7.55. The van der Waals surface area contributed by atoms with Crippen molar-refractivity contribution in [3.63, 3.8) is 0 Å². The topological polar surface area (TPSA) is 90.0 Å². The Kier molecular flexibility index (Phi) is 7.26. The van der Waals surface area contributed by atoms with E-state index in [1.165, 1.54) is 9.80 Å². The van der Waals surface area contributed by atoms with Crippen molar-refractivity contribution in [2.45, 2.75) is 37.6 Å². The first-order valence-corrected chi connectivity index (χ1v) is 15.6. The van der Waals surface area contributed by atoms with Crippen LogP contribution in [-0.4, -0.2) is 83.6 Å². The fourth-order valence-corrected chi connectivity index (χ4v) is 7.55. The molecule has 0 atom stereocenters. The summed E-state index contributed by atoms with van der Waals surface area (Å²) in [6.45, 7) is 2.48. The van der Waals surface area contributed by atoms with Gasteiger partial charge in [0.1, 0.15) is 0 Å². The first-order chi connectivity index (χ1) is 21.4. The molecule has 4 aromatic rings. The van der Waals surface area contributed by atoms with Gasteiger partial charge in [-0.15, -0.1) is 0 Å². The standard InChI is InChI=1S/C36H36N4O4/c1-38(22-23-40-34(43)28-14-6-10-25-11-7-15-29(31(25)28)35(40)44)36(16-2-3-17-36)18-19-37-20-21-39-32(41)26-12-4-8-24-9-5-13-27(30(24)26)33(39)42/h4-15,37H,2-3,16-23H2,1H3. The number of hydrogen-bond donors (Lipinski definition) is 1. The summed E-state index contributed by atoms with van der Waals surface area (Å²) >= 11 is 0. The van der Waals surface area contributed by atoms with Crippen LogP contribution in [0.3, 0.4) is 0 Å². The molecule has 0 aromatic heterocycles. The zero-order valence-corrected chi connectivity index (χ0v) is 25.0. The average molecular weight is 589 g/mol. The normalized spacial score (nSPS) is 17.5. The lowest BCUT2D eigenvalue weighted by Gasteiger charge is -2.40. The molecular formula is C36H36N4O4. The van der Waals surface area contributed by atoms with E-state index in [4.69, 9.17) is 0 Å². The number of carbonyl (C=O) groups excluding carboxylic acids is 4. The number of benzene rings is 4. The number of hydrogen-bond acceptors (Lipinski definition) is 6. The smallest absolute Gasteiger partial charge is 0.261 e. The number of nitrogens with zero attached hydrogens (tertiary/aromatic N) is 3. The molecule has 0 bridgehead atoms. The van der Waals surface area contributed by atoms with Gasteiger partial charge in [0, 0.05) is 64.7 Å². The molecule has 0 radical (unpaired) electrons. The van der Waals surface area contributed by atoms with Crippen LogP contribution in [0.1, 0.15) is 73.5 Å². The van der Waals surface area contributed by atoms with E-state index < -0.39 is 0 Å². The van der Waals surface area contributed by atoms with Crippen molar-refractivity contribution in [1.82, 2.24) is 20.0 Å². The Morgan fingerprint density at radius 2 is 1.07 bits per heavy atom. The van der Waals surface area contributed by atoms with E-state index in [1.54, 1.807) is 12.1 Å². The molecule has 4 amide bonds. The predicted octanol–water partition coefficient (Wildman–Crippen LogP) is 5.11. The van der Waals surface area contributed by atoms with Crippen molar-refractivity contribution in [2.75, 3.05) is 39.8 Å². The summed E-state index contributed by atoms with van der Waals surface area (Å²) < 4.78 is 0. The monoisotopic (exact) mass is 588 g/mol. The third-order valence-electron chi connectivity index (χ3n) is 9.99. The summed E-state index contributed by atoms with van der Waals surface area (Å²) in [7, 11) is 2.10. The van der Waals surface area contributed by atoms with Gasteiger partial charge in [0.25, 0.3) is 23.6 Å². The van der Waals surface area contributed by atoms with E-state index in [9.17, 15) is 19.2 Å². The van der Waals surface area contributed by atoms with E-state index in [0.29, 0.717) is 48.4 Å². The van der Waals surface area contributed by atoms with Gasteiger partial charge in [-0.05, 0) is 67.9 Å². The van der Waals surface area contributed by atoms with Gasteiger partial charge in [-0.1, -0.05) is 61.4 Å². The maximum Gasteiger partial charge on any atom is 0.261 e. The Bertz CT molecular complexity index is 1720. The van der Waals surface area contributed by atoms with Gasteiger partial charge < -0.3 is 5.32 Å². The maximum absolute atomic E-state index is 13.4. The lowest BCUT2D eigenvalue weighted by Crippen LogP contribution is -2.51. The molecule has 1 saturated carbocycles. The highest BCUT2D eigenvalue weighted by Gasteiger charge is 2.39. The highest BCUT2D eigenvalue weighted by molar-refractivity contribution is 6.26. The molecule has 8 heteroatoms. The van der Waals surface area contributed by atoms with E-state index >= 15 is 0 Å². The second-order valence-corrected chi connectivity index (χ2v) is 12.3. The molecule has 224 valence electrons. The number of rotatable bonds is 10. The van der Waals surface area contributed by atoms with E-state index in [2.05, 4.69) is 17.3 Å². The number of likely N-dealkylation sites (N-methyl/N-ethyl adjacent to an activating group) is 1. The molecule has 8 nitrogen and oxygen atoms in total. The minimum Gasteiger partial charge on any atom is -0.315 e. The molecule has 1 aliphatic carbocycles. The summed E-state index contributed by atoms with van der Waals surface area (Å²) in [6, 6.07) is 22.4. The zero-order chi connectivity index (χ0) is 30.4. The van der Waals surface area contributed by atoms with Gasteiger partial charge in [-0.2, -0.15) is 0 Å². The Morgan fingerprint density at radius 3 is 1.52 bits per heavy atom. The molecule has 1 fully saturated rings. The minimum atomic E-state index is -0.242. The third-order valence-corrected chi connectivity index (χ3v) is 9.99. The average Bonchev–Trinajstić information content (AvgIpc) is 3.53. The first kappa shape index (κ1) is 28.4. The van der Waals surface area contributed by atoms with E-state index in [-0.39, 0.29) is 29.2 Å². The first-order valence-electron chi connectivity index (χ1n) is 15.6. The number of nitrogens with one attached hydrogen (secondary N) is 1. The summed E-state index contributed by atoms with van der Waals surface area (Å²) in [4.78, 5) is 58.3. The van der Waals surface area contributed by atoms with Crippen LogP contribution in [0.4, 0.5) is 0 Å². The van der Waals surface area contributed by atoms with Crippen molar-refractivity contribution in [3.8, 4) is 0 Å². The summed E-state index contributed by atoms with van der Waals surface area (Å²) in [5, 5.41) is 6.79. The SMILES string of the molecule is CN(CCN1C(=O)c2cccc3cccc(c23)C1=O)C1(CCNCCN2C(=O)c3cccc4cccc(c34)C2=O)CCCC1. The maximum atomic E-state index is 13.4. The molecule has 4 aromatic carbocycles. The van der Waals surface area contributed by atoms with Crippen LogP contribution >= 0.6 is 0 Å². The molecule has 2 aliphatic heterocycles. The highest BCUT2D eigenvalue weighted by Crippen LogP contribution is 2.37. The predicted molar refractivity (Wildman–Crippen MR) is 170 cm³/mol. The second-order valence-electron chi connectivity index (χ2n) is 12.3. The quantitative estimate of drug-likeness (QED) is 0.205. The Hall–Kier alpha value is -4.40. The molecule has 3 aliphatic rings. The fraction of sp³-hybridized carbons (Fsp3) is 0.333. The molecular weight excluding hydrogens is 552 g/mol. The van der Waals surface area contributed by atoms with E-state index in [1.807, 2.05) is 60.7 Å². The van der Waals surface area contributed by atoms with Gasteiger partial charge in [0.05, 0.1) is 0 Å². The molecule has 2 heterocycles. The van der Waals surface area contributed by atoms with Gasteiger partial charge in [-0.25, -0.2) is 0 Å². The number of imide groups is 2. The number of carbonyl (C=O) groups is 4. The molecule has 0 unspecified atom stereocenters. The molecule has 44 heavy (non-hydrogen) atoms. The Labute approximate surface area is 256 Å². The van der Waals surface area contributed by atoms with Crippen LogP contribution < -0.4 is 5.32 Å². The van der Waals surface area contributed by atoms with Crippen molar-refractivity contribution in [3.05, 3.63) is 95.1 Å². The van der Waals surface area contributed by atoms with Crippen LogP contribution in [0.2, 0.25) is 0 Å². The van der Waals surface area contributed by atoms with Crippen molar-refractivity contribution >= 4 is 45.2 Å². The van der Waals surface area contributed by atoms with Gasteiger partial charge in [-0.3, -0.25) is 33.9 Å².